The van der Waals surface area contributed by atoms with Crippen LogP contribution < -0.4 is 15.5 Å². The zero-order chi connectivity index (χ0) is 18.9. The fourth-order valence-corrected chi connectivity index (χ4v) is 2.76. The third kappa shape index (κ3) is 5.62. The molecular weight excluding hydrogens is 326 g/mol. The van der Waals surface area contributed by atoms with E-state index in [-0.39, 0.29) is 18.2 Å². The molecule has 0 aliphatic carbocycles. The second-order valence-corrected chi connectivity index (χ2v) is 6.15. The second-order valence-electron chi connectivity index (χ2n) is 6.15. The summed E-state index contributed by atoms with van der Waals surface area (Å²) in [5.41, 5.74) is 3.97. The minimum absolute atomic E-state index is 0.191. The largest absolute Gasteiger partial charge is 0.372 e. The Morgan fingerprint density at radius 3 is 2.19 bits per heavy atom. The van der Waals surface area contributed by atoms with Crippen molar-refractivity contribution in [3.63, 3.8) is 0 Å². The van der Waals surface area contributed by atoms with Crippen molar-refractivity contribution in [1.82, 2.24) is 5.32 Å². The Balaban J connectivity index is 1.82. The lowest BCUT2D eigenvalue weighted by atomic mass is 10.1. The maximum absolute atomic E-state index is 12.0. The molecule has 2 aromatic carbocycles. The van der Waals surface area contributed by atoms with Crippen LogP contribution in [-0.2, 0) is 16.1 Å². The molecule has 5 nitrogen and oxygen atoms in total. The predicted molar refractivity (Wildman–Crippen MR) is 106 cm³/mol. The van der Waals surface area contributed by atoms with E-state index in [1.54, 1.807) is 0 Å². The van der Waals surface area contributed by atoms with Gasteiger partial charge in [0.05, 0.1) is 0 Å². The Kier molecular flexibility index (Phi) is 7.21. The second kappa shape index (κ2) is 9.61. The number of carbonyl (C=O) groups excluding carboxylic acids is 2. The summed E-state index contributed by atoms with van der Waals surface area (Å²) in [6.45, 7) is 8.50. The van der Waals surface area contributed by atoms with E-state index in [2.05, 4.69) is 29.4 Å². The quantitative estimate of drug-likeness (QED) is 0.714. The van der Waals surface area contributed by atoms with Crippen LogP contribution in [0.5, 0.6) is 0 Å². The normalized spacial score (nSPS) is 10.3. The number of nitrogens with zero attached hydrogens (tertiary/aromatic N) is 1. The molecule has 138 valence electrons. The summed E-state index contributed by atoms with van der Waals surface area (Å²) in [7, 11) is 0. The van der Waals surface area contributed by atoms with E-state index in [4.69, 9.17) is 0 Å². The zero-order valence-corrected chi connectivity index (χ0v) is 15.7. The fourth-order valence-electron chi connectivity index (χ4n) is 2.76. The number of carbonyl (C=O) groups is 2. The van der Waals surface area contributed by atoms with Crippen LogP contribution >= 0.6 is 0 Å². The summed E-state index contributed by atoms with van der Waals surface area (Å²) in [5, 5.41) is 5.56. The lowest BCUT2D eigenvalue weighted by Crippen LogP contribution is -2.28. The van der Waals surface area contributed by atoms with Crippen LogP contribution in [0, 0.1) is 6.92 Å². The van der Waals surface area contributed by atoms with Crippen LogP contribution in [0.4, 0.5) is 11.4 Å². The van der Waals surface area contributed by atoms with Crippen LogP contribution in [-0.4, -0.2) is 24.9 Å². The van der Waals surface area contributed by atoms with Crippen molar-refractivity contribution < 1.29 is 9.59 Å². The third-order valence-electron chi connectivity index (χ3n) is 4.34. The molecule has 0 aromatic heterocycles. The van der Waals surface area contributed by atoms with Crippen molar-refractivity contribution in [2.45, 2.75) is 33.7 Å². The molecule has 2 aromatic rings. The van der Waals surface area contributed by atoms with Gasteiger partial charge in [0.15, 0.2) is 0 Å². The molecular formula is C21H27N3O2. The SMILES string of the molecule is CCN(CC)c1ccc(NC(=O)CC(=O)NCc2ccccc2C)cc1. The maximum Gasteiger partial charge on any atom is 0.233 e. The lowest BCUT2D eigenvalue weighted by Gasteiger charge is -2.21. The number of rotatable bonds is 8. The molecule has 0 heterocycles. The third-order valence-corrected chi connectivity index (χ3v) is 4.34. The Morgan fingerprint density at radius 2 is 1.58 bits per heavy atom. The highest BCUT2D eigenvalue weighted by Gasteiger charge is 2.10. The minimum Gasteiger partial charge on any atom is -0.372 e. The zero-order valence-electron chi connectivity index (χ0n) is 15.7. The molecule has 0 spiro atoms. The van der Waals surface area contributed by atoms with E-state index >= 15 is 0 Å². The van der Waals surface area contributed by atoms with E-state index in [9.17, 15) is 9.59 Å². The van der Waals surface area contributed by atoms with Gasteiger partial charge in [-0.05, 0) is 56.2 Å². The first-order valence-corrected chi connectivity index (χ1v) is 8.99. The molecule has 0 aliphatic heterocycles. The topological polar surface area (TPSA) is 61.4 Å². The van der Waals surface area contributed by atoms with Crippen LogP contribution in [0.3, 0.4) is 0 Å². The van der Waals surface area contributed by atoms with E-state index < -0.39 is 0 Å². The predicted octanol–water partition coefficient (Wildman–Crippen LogP) is 3.49. The van der Waals surface area contributed by atoms with Gasteiger partial charge in [-0.3, -0.25) is 9.59 Å². The molecule has 2 N–H and O–H groups in total. The van der Waals surface area contributed by atoms with Crippen LogP contribution in [0.2, 0.25) is 0 Å². The van der Waals surface area contributed by atoms with Gasteiger partial charge in [-0.2, -0.15) is 0 Å². The molecule has 2 amide bonds. The van der Waals surface area contributed by atoms with E-state index in [1.165, 1.54) is 0 Å². The Labute approximate surface area is 155 Å². The molecule has 0 aliphatic rings. The summed E-state index contributed by atoms with van der Waals surface area (Å²) >= 11 is 0. The monoisotopic (exact) mass is 353 g/mol. The summed E-state index contributed by atoms with van der Waals surface area (Å²) < 4.78 is 0. The van der Waals surface area contributed by atoms with Gasteiger partial charge in [0, 0.05) is 31.0 Å². The van der Waals surface area contributed by atoms with Gasteiger partial charge in [0.1, 0.15) is 6.42 Å². The van der Waals surface area contributed by atoms with Gasteiger partial charge in [0.2, 0.25) is 11.8 Å². The van der Waals surface area contributed by atoms with Crippen molar-refractivity contribution in [2.75, 3.05) is 23.3 Å². The molecule has 0 radical (unpaired) electrons. The van der Waals surface area contributed by atoms with E-state index in [0.717, 1.165) is 29.9 Å². The average Bonchev–Trinajstić information content (AvgIpc) is 2.63. The first kappa shape index (κ1) is 19.5. The van der Waals surface area contributed by atoms with Crippen molar-refractivity contribution in [2.24, 2.45) is 0 Å². The van der Waals surface area contributed by atoms with Crippen LogP contribution in [0.15, 0.2) is 48.5 Å². The highest BCUT2D eigenvalue weighted by molar-refractivity contribution is 6.03. The van der Waals surface area contributed by atoms with E-state index in [0.29, 0.717) is 12.2 Å². The van der Waals surface area contributed by atoms with Gasteiger partial charge in [0.25, 0.3) is 0 Å². The van der Waals surface area contributed by atoms with Crippen LogP contribution in [0.1, 0.15) is 31.4 Å². The van der Waals surface area contributed by atoms with Gasteiger partial charge in [-0.15, -0.1) is 0 Å². The summed E-state index contributed by atoms with van der Waals surface area (Å²) in [6, 6.07) is 15.5. The van der Waals surface area contributed by atoms with Gasteiger partial charge in [-0.1, -0.05) is 24.3 Å². The van der Waals surface area contributed by atoms with Crippen molar-refractivity contribution in [3.05, 3.63) is 59.7 Å². The molecule has 5 heteroatoms. The molecule has 0 atom stereocenters. The molecule has 26 heavy (non-hydrogen) atoms. The van der Waals surface area contributed by atoms with Gasteiger partial charge >= 0.3 is 0 Å². The fraction of sp³-hybridized carbons (Fsp3) is 0.333. The van der Waals surface area contributed by atoms with Crippen molar-refractivity contribution in [3.8, 4) is 0 Å². The number of amides is 2. The lowest BCUT2D eigenvalue weighted by molar-refractivity contribution is -0.126. The average molecular weight is 353 g/mol. The van der Waals surface area contributed by atoms with E-state index in [1.807, 2.05) is 55.5 Å². The summed E-state index contributed by atoms with van der Waals surface area (Å²) in [6.07, 6.45) is -0.191. The van der Waals surface area contributed by atoms with Crippen molar-refractivity contribution >= 4 is 23.2 Å². The Hall–Kier alpha value is -2.82. The summed E-state index contributed by atoms with van der Waals surface area (Å²) in [4.78, 5) is 26.2. The Morgan fingerprint density at radius 1 is 0.923 bits per heavy atom. The summed E-state index contributed by atoms with van der Waals surface area (Å²) in [5.74, 6) is -0.603. The first-order valence-electron chi connectivity index (χ1n) is 8.99. The number of nitrogens with one attached hydrogen (secondary N) is 2. The van der Waals surface area contributed by atoms with Crippen LogP contribution in [0.25, 0.3) is 0 Å². The van der Waals surface area contributed by atoms with Gasteiger partial charge in [-0.25, -0.2) is 0 Å². The van der Waals surface area contributed by atoms with Crippen molar-refractivity contribution in [1.29, 1.82) is 0 Å². The first-order chi connectivity index (χ1) is 12.5. The smallest absolute Gasteiger partial charge is 0.233 e. The molecule has 0 bridgehead atoms. The molecule has 0 unspecified atom stereocenters. The molecule has 0 fully saturated rings. The van der Waals surface area contributed by atoms with Gasteiger partial charge < -0.3 is 15.5 Å². The minimum atomic E-state index is -0.317. The highest BCUT2D eigenvalue weighted by Crippen LogP contribution is 2.17. The number of hydrogen-bond acceptors (Lipinski definition) is 3. The number of benzene rings is 2. The molecule has 0 saturated heterocycles. The number of anilines is 2. The maximum atomic E-state index is 12.0. The number of aryl methyl sites for hydroxylation is 1. The number of hydrogen-bond donors (Lipinski definition) is 2. The Bertz CT molecular complexity index is 737. The highest BCUT2D eigenvalue weighted by atomic mass is 16.2. The molecule has 0 saturated carbocycles. The standard InChI is InChI=1S/C21H27N3O2/c1-4-24(5-2)19-12-10-18(11-13-19)23-21(26)14-20(25)22-15-17-9-7-6-8-16(17)3/h6-13H,4-5,14-15H2,1-3H3,(H,22,25)(H,23,26). The molecule has 2 rings (SSSR count).